The number of aliphatic hydroxyl groups is 1. The Balaban J connectivity index is 1.70. The highest BCUT2D eigenvalue weighted by Crippen LogP contribution is 2.21. The van der Waals surface area contributed by atoms with Crippen molar-refractivity contribution in [3.05, 3.63) is 48.0 Å². The molecular weight excluding hydrogens is 362 g/mol. The van der Waals surface area contributed by atoms with Crippen molar-refractivity contribution in [2.45, 2.75) is 50.7 Å². The van der Waals surface area contributed by atoms with Gasteiger partial charge in [0.05, 0.1) is 12.1 Å². The number of nitrogens with zero attached hydrogens (tertiary/aromatic N) is 1. The quantitative estimate of drug-likeness (QED) is 0.423. The van der Waals surface area contributed by atoms with Crippen LogP contribution in [0.2, 0.25) is 0 Å². The summed E-state index contributed by atoms with van der Waals surface area (Å²) in [6.45, 7) is 0.672. The van der Waals surface area contributed by atoms with Gasteiger partial charge in [0.1, 0.15) is 0 Å². The highest BCUT2D eigenvalue weighted by atomic mass is 32.2. The summed E-state index contributed by atoms with van der Waals surface area (Å²) >= 11 is 1.69. The van der Waals surface area contributed by atoms with E-state index in [2.05, 4.69) is 12.1 Å². The predicted octanol–water partition coefficient (Wildman–Crippen LogP) is 3.13. The summed E-state index contributed by atoms with van der Waals surface area (Å²) in [5.41, 5.74) is 1.21. The number of carboxylic acid groups (broad SMARTS) is 1. The van der Waals surface area contributed by atoms with Gasteiger partial charge in [-0.3, -0.25) is 9.59 Å². The van der Waals surface area contributed by atoms with Gasteiger partial charge in [0.25, 0.3) is 0 Å². The first kappa shape index (κ1) is 21.5. The van der Waals surface area contributed by atoms with Crippen LogP contribution in [0, 0.1) is 0 Å². The number of aliphatic hydroxyl groups excluding tert-OH is 1. The van der Waals surface area contributed by atoms with Crippen LogP contribution in [0.1, 0.15) is 37.7 Å². The van der Waals surface area contributed by atoms with E-state index in [0.29, 0.717) is 25.8 Å². The molecule has 5 nitrogen and oxygen atoms in total. The zero-order valence-electron chi connectivity index (χ0n) is 15.6. The van der Waals surface area contributed by atoms with E-state index in [9.17, 15) is 14.7 Å². The first-order chi connectivity index (χ1) is 13.1. The molecule has 0 spiro atoms. The van der Waals surface area contributed by atoms with Crippen molar-refractivity contribution in [2.24, 2.45) is 0 Å². The number of amides is 1. The Bertz CT molecular complexity index is 620. The van der Waals surface area contributed by atoms with E-state index in [4.69, 9.17) is 5.11 Å². The number of hydrogen-bond acceptors (Lipinski definition) is 4. The van der Waals surface area contributed by atoms with Crippen molar-refractivity contribution in [1.82, 2.24) is 4.90 Å². The number of aliphatic carboxylic acids is 1. The van der Waals surface area contributed by atoms with Gasteiger partial charge >= 0.3 is 5.97 Å². The van der Waals surface area contributed by atoms with Gasteiger partial charge in [-0.2, -0.15) is 11.8 Å². The van der Waals surface area contributed by atoms with Gasteiger partial charge in [-0.05, 0) is 37.0 Å². The van der Waals surface area contributed by atoms with E-state index in [0.717, 1.165) is 24.3 Å². The number of thioether (sulfide) groups is 1. The number of likely N-dealkylation sites (tertiary alicyclic amines) is 1. The second-order valence-corrected chi connectivity index (χ2v) is 8.00. The van der Waals surface area contributed by atoms with Crippen LogP contribution in [0.25, 0.3) is 0 Å². The minimum Gasteiger partial charge on any atom is -0.481 e. The monoisotopic (exact) mass is 391 g/mol. The molecule has 0 aliphatic carbocycles. The van der Waals surface area contributed by atoms with Crippen LogP contribution < -0.4 is 0 Å². The van der Waals surface area contributed by atoms with Crippen LogP contribution in [0.3, 0.4) is 0 Å². The Morgan fingerprint density at radius 3 is 2.81 bits per heavy atom. The van der Waals surface area contributed by atoms with E-state index in [1.807, 2.05) is 35.3 Å². The molecule has 2 atom stereocenters. The Morgan fingerprint density at radius 2 is 2.07 bits per heavy atom. The zero-order chi connectivity index (χ0) is 19.5. The molecule has 1 fully saturated rings. The number of carboxylic acids is 1. The van der Waals surface area contributed by atoms with Crippen LogP contribution in [0.4, 0.5) is 0 Å². The molecule has 148 valence electrons. The summed E-state index contributed by atoms with van der Waals surface area (Å²) in [6.07, 6.45) is 6.98. The summed E-state index contributed by atoms with van der Waals surface area (Å²) in [5.74, 6) is 1.01. The summed E-state index contributed by atoms with van der Waals surface area (Å²) < 4.78 is 0. The normalized spacial score (nSPS) is 18.3. The fourth-order valence-corrected chi connectivity index (χ4v) is 4.03. The lowest BCUT2D eigenvalue weighted by atomic mass is 10.1. The van der Waals surface area contributed by atoms with E-state index in [-0.39, 0.29) is 18.4 Å². The fraction of sp³-hybridized carbons (Fsp3) is 0.524. The molecule has 1 aromatic rings. The molecule has 0 radical (unpaired) electrons. The molecule has 0 saturated carbocycles. The fourth-order valence-electron chi connectivity index (χ4n) is 3.15. The third kappa shape index (κ3) is 8.18. The molecule has 0 bridgehead atoms. The second-order valence-electron chi connectivity index (χ2n) is 6.78. The van der Waals surface area contributed by atoms with Crippen LogP contribution in [-0.2, 0) is 16.0 Å². The van der Waals surface area contributed by atoms with E-state index >= 15 is 0 Å². The standard InChI is InChI=1S/C21H29NO4S/c23-19(11-8-17-5-2-1-3-6-17)12-9-18-10-13-20(24)22(18)14-16-27-15-4-7-21(25)26/h1-3,5-6,9,12,18-19,23H,4,7-8,10-11,13-16H2,(H,25,26)/b12-9+/t18-,19-/m0/s1. The molecule has 27 heavy (non-hydrogen) atoms. The molecular formula is C21H29NO4S. The van der Waals surface area contributed by atoms with Crippen molar-refractivity contribution in [3.8, 4) is 0 Å². The minimum atomic E-state index is -0.763. The average molecular weight is 392 g/mol. The van der Waals surface area contributed by atoms with Crippen LogP contribution >= 0.6 is 11.8 Å². The second kappa shape index (κ2) is 11.8. The smallest absolute Gasteiger partial charge is 0.303 e. The van der Waals surface area contributed by atoms with E-state index < -0.39 is 12.1 Å². The maximum atomic E-state index is 12.1. The first-order valence-electron chi connectivity index (χ1n) is 9.55. The summed E-state index contributed by atoms with van der Waals surface area (Å²) in [5, 5.41) is 18.8. The first-order valence-corrected chi connectivity index (χ1v) is 10.7. The summed E-state index contributed by atoms with van der Waals surface area (Å²) in [4.78, 5) is 24.5. The molecule has 0 aromatic heterocycles. The number of carbonyl (C=O) groups is 2. The molecule has 1 saturated heterocycles. The van der Waals surface area contributed by atoms with E-state index in [1.165, 1.54) is 5.56 Å². The Morgan fingerprint density at radius 1 is 1.30 bits per heavy atom. The van der Waals surface area contributed by atoms with E-state index in [1.54, 1.807) is 11.8 Å². The maximum Gasteiger partial charge on any atom is 0.303 e. The third-order valence-corrected chi connectivity index (χ3v) is 5.71. The predicted molar refractivity (Wildman–Crippen MR) is 109 cm³/mol. The number of hydrogen-bond donors (Lipinski definition) is 2. The largest absolute Gasteiger partial charge is 0.481 e. The molecule has 1 aliphatic heterocycles. The highest BCUT2D eigenvalue weighted by Gasteiger charge is 2.28. The zero-order valence-corrected chi connectivity index (χ0v) is 16.4. The summed E-state index contributed by atoms with van der Waals surface area (Å²) in [6, 6.07) is 10.2. The molecule has 1 heterocycles. The molecule has 2 N–H and O–H groups in total. The molecule has 1 amide bonds. The van der Waals surface area contributed by atoms with Crippen molar-refractivity contribution in [1.29, 1.82) is 0 Å². The Kier molecular flexibility index (Phi) is 9.42. The molecule has 1 aromatic carbocycles. The SMILES string of the molecule is O=C(O)CCCSCCN1C(=O)CC[C@@H]1/C=C/[C@@H](O)CCc1ccccc1. The Labute approximate surface area is 165 Å². The number of carbonyl (C=O) groups excluding carboxylic acids is 1. The van der Waals surface area contributed by atoms with Gasteiger partial charge in [-0.15, -0.1) is 0 Å². The molecule has 0 unspecified atom stereocenters. The van der Waals surface area contributed by atoms with Gasteiger partial charge < -0.3 is 15.1 Å². The third-order valence-electron chi connectivity index (χ3n) is 4.66. The van der Waals surface area contributed by atoms with Crippen LogP contribution in [0.5, 0.6) is 0 Å². The van der Waals surface area contributed by atoms with Gasteiger partial charge in [-0.1, -0.05) is 42.5 Å². The van der Waals surface area contributed by atoms with Gasteiger partial charge in [-0.25, -0.2) is 0 Å². The van der Waals surface area contributed by atoms with Crippen molar-refractivity contribution in [2.75, 3.05) is 18.1 Å². The average Bonchev–Trinajstić information content (AvgIpc) is 3.01. The number of benzene rings is 1. The van der Waals surface area contributed by atoms with Crippen LogP contribution in [-0.4, -0.2) is 57.2 Å². The van der Waals surface area contributed by atoms with Crippen molar-refractivity contribution < 1.29 is 19.8 Å². The lowest BCUT2D eigenvalue weighted by Crippen LogP contribution is -2.34. The van der Waals surface area contributed by atoms with Gasteiger partial charge in [0.15, 0.2) is 0 Å². The molecule has 2 rings (SSSR count). The Hall–Kier alpha value is -1.79. The number of aryl methyl sites for hydroxylation is 1. The van der Waals surface area contributed by atoms with Crippen molar-refractivity contribution in [3.63, 3.8) is 0 Å². The number of rotatable bonds is 12. The van der Waals surface area contributed by atoms with Crippen molar-refractivity contribution >= 4 is 23.6 Å². The van der Waals surface area contributed by atoms with Gasteiger partial charge in [0, 0.05) is 25.1 Å². The van der Waals surface area contributed by atoms with Crippen LogP contribution in [0.15, 0.2) is 42.5 Å². The molecule has 6 heteroatoms. The summed E-state index contributed by atoms with van der Waals surface area (Å²) in [7, 11) is 0. The lowest BCUT2D eigenvalue weighted by molar-refractivity contribution is -0.137. The topological polar surface area (TPSA) is 77.8 Å². The minimum absolute atomic E-state index is 0.0588. The molecule has 1 aliphatic rings. The van der Waals surface area contributed by atoms with Gasteiger partial charge in [0.2, 0.25) is 5.91 Å². The maximum absolute atomic E-state index is 12.1. The highest BCUT2D eigenvalue weighted by molar-refractivity contribution is 7.99. The lowest BCUT2D eigenvalue weighted by Gasteiger charge is -2.22.